The van der Waals surface area contributed by atoms with E-state index in [0.717, 1.165) is 51.8 Å². The Morgan fingerprint density at radius 2 is 1.66 bits per heavy atom. The molecule has 0 N–H and O–H groups in total. The zero-order valence-corrected chi connectivity index (χ0v) is 19.9. The summed E-state index contributed by atoms with van der Waals surface area (Å²) in [6.07, 6.45) is 6.64. The summed E-state index contributed by atoms with van der Waals surface area (Å²) in [7, 11) is -2.97. The van der Waals surface area contributed by atoms with Crippen LogP contribution in [0, 0.1) is 5.92 Å². The van der Waals surface area contributed by atoms with Gasteiger partial charge in [-0.3, -0.25) is 0 Å². The third kappa shape index (κ3) is 7.60. The normalized spacial score (nSPS) is 18.4. The molecule has 0 spiro atoms. The van der Waals surface area contributed by atoms with Crippen molar-refractivity contribution in [3.8, 4) is 0 Å². The Morgan fingerprint density at radius 3 is 2.28 bits per heavy atom. The van der Waals surface area contributed by atoms with Gasteiger partial charge >= 0.3 is 0 Å². The first-order valence-electron chi connectivity index (χ1n) is 11.3. The third-order valence-electron chi connectivity index (χ3n) is 5.95. The van der Waals surface area contributed by atoms with Crippen LogP contribution in [0.2, 0.25) is 0 Å². The van der Waals surface area contributed by atoms with Crippen molar-refractivity contribution in [2.24, 2.45) is 5.92 Å². The fraction of sp³-hybridized carbons (Fsp3) is 0.750. The molecule has 29 heavy (non-hydrogen) atoms. The number of rotatable bonds is 10. The van der Waals surface area contributed by atoms with Gasteiger partial charge in [0.25, 0.3) is 0 Å². The molecule has 4 nitrogen and oxygen atoms in total. The van der Waals surface area contributed by atoms with Crippen molar-refractivity contribution in [3.05, 3.63) is 29.8 Å². The van der Waals surface area contributed by atoms with Crippen LogP contribution in [0.15, 0.2) is 24.3 Å². The topological polar surface area (TPSA) is 46.6 Å². The van der Waals surface area contributed by atoms with Crippen molar-refractivity contribution < 1.29 is 13.2 Å². The van der Waals surface area contributed by atoms with Gasteiger partial charge in [0.05, 0.1) is 23.2 Å². The fourth-order valence-corrected chi connectivity index (χ4v) is 4.84. The highest BCUT2D eigenvalue weighted by Gasteiger charge is 2.28. The maximum Gasteiger partial charge on any atom is 0.155 e. The molecule has 0 aromatic heterocycles. The number of hydrogen-bond donors (Lipinski definition) is 0. The quantitative estimate of drug-likeness (QED) is 0.482. The predicted molar refractivity (Wildman–Crippen MR) is 124 cm³/mol. The smallest absolute Gasteiger partial charge is 0.155 e. The molecule has 0 amide bonds. The number of sulfone groups is 1. The van der Waals surface area contributed by atoms with Gasteiger partial charge in [0.2, 0.25) is 0 Å². The van der Waals surface area contributed by atoms with Gasteiger partial charge in [-0.2, -0.15) is 0 Å². The summed E-state index contributed by atoms with van der Waals surface area (Å²) in [5.74, 6) is 0.864. The van der Waals surface area contributed by atoms with E-state index in [0.29, 0.717) is 17.8 Å². The molecular formula is C24H41NO3S. The van der Waals surface area contributed by atoms with E-state index in [1.54, 1.807) is 20.8 Å². The number of aryl methyl sites for hydroxylation is 1. The van der Waals surface area contributed by atoms with Crippen LogP contribution in [0.5, 0.6) is 0 Å². The number of nitrogens with zero attached hydrogens (tertiary/aromatic N) is 1. The van der Waals surface area contributed by atoms with E-state index in [-0.39, 0.29) is 0 Å². The second-order valence-corrected chi connectivity index (χ2v) is 12.6. The minimum Gasteiger partial charge on any atom is -0.374 e. The summed E-state index contributed by atoms with van der Waals surface area (Å²) < 4.78 is 29.5. The van der Waals surface area contributed by atoms with Gasteiger partial charge in [-0.25, -0.2) is 8.42 Å². The van der Waals surface area contributed by atoms with Crippen LogP contribution in [0.1, 0.15) is 72.3 Å². The second-order valence-electron chi connectivity index (χ2n) is 9.71. The molecule has 1 aromatic carbocycles. The van der Waals surface area contributed by atoms with E-state index < -0.39 is 14.6 Å². The van der Waals surface area contributed by atoms with Gasteiger partial charge in [0.1, 0.15) is 0 Å². The summed E-state index contributed by atoms with van der Waals surface area (Å²) in [6, 6.07) is 9.00. The zero-order chi connectivity index (χ0) is 21.5. The Morgan fingerprint density at radius 1 is 1.03 bits per heavy atom. The monoisotopic (exact) mass is 423 g/mol. The van der Waals surface area contributed by atoms with Crippen molar-refractivity contribution in [3.63, 3.8) is 0 Å². The molecule has 1 aliphatic heterocycles. The number of hydrogen-bond acceptors (Lipinski definition) is 4. The van der Waals surface area contributed by atoms with Crippen LogP contribution in [-0.2, 0) is 21.0 Å². The van der Waals surface area contributed by atoms with Crippen molar-refractivity contribution in [2.75, 3.05) is 30.3 Å². The molecule has 1 saturated heterocycles. The molecule has 0 aliphatic carbocycles. The van der Waals surface area contributed by atoms with Gasteiger partial charge in [0.15, 0.2) is 9.84 Å². The lowest BCUT2D eigenvalue weighted by Crippen LogP contribution is -2.44. The number of morpholine rings is 1. The molecule has 0 unspecified atom stereocenters. The summed E-state index contributed by atoms with van der Waals surface area (Å²) in [5.41, 5.74) is 2.68. The molecule has 1 atom stereocenters. The van der Waals surface area contributed by atoms with E-state index in [1.807, 2.05) is 0 Å². The van der Waals surface area contributed by atoms with Crippen LogP contribution in [-0.4, -0.2) is 44.7 Å². The maximum absolute atomic E-state index is 12.1. The van der Waals surface area contributed by atoms with Crippen LogP contribution in [0.4, 0.5) is 5.69 Å². The molecule has 1 heterocycles. The highest BCUT2D eigenvalue weighted by molar-refractivity contribution is 7.92. The Bertz CT molecular complexity index is 705. The second kappa shape index (κ2) is 10.8. The molecule has 5 heteroatoms. The van der Waals surface area contributed by atoms with Gasteiger partial charge < -0.3 is 9.64 Å². The first-order valence-corrected chi connectivity index (χ1v) is 12.9. The van der Waals surface area contributed by atoms with E-state index in [4.69, 9.17) is 4.74 Å². The van der Waals surface area contributed by atoms with Gasteiger partial charge in [-0.05, 0) is 63.6 Å². The van der Waals surface area contributed by atoms with Crippen molar-refractivity contribution in [2.45, 2.75) is 84.0 Å². The molecule has 1 aromatic rings. The average Bonchev–Trinajstić information content (AvgIpc) is 2.67. The Balaban J connectivity index is 1.65. The molecule has 166 valence electrons. The molecule has 2 rings (SSSR count). The number of ether oxygens (including phenoxy) is 1. The fourth-order valence-electron chi connectivity index (χ4n) is 3.64. The lowest BCUT2D eigenvalue weighted by molar-refractivity contribution is 0.0114. The summed E-state index contributed by atoms with van der Waals surface area (Å²) in [6.45, 7) is 12.6. The average molecular weight is 424 g/mol. The minimum absolute atomic E-state index is 0.317. The predicted octanol–water partition coefficient (Wildman–Crippen LogP) is 5.25. The number of unbranched alkanes of at least 4 members (excludes halogenated alkanes) is 4. The van der Waals surface area contributed by atoms with E-state index in [9.17, 15) is 8.42 Å². The van der Waals surface area contributed by atoms with E-state index in [2.05, 4.69) is 43.0 Å². The third-order valence-corrected chi connectivity index (χ3v) is 8.64. The molecular weight excluding hydrogens is 382 g/mol. The summed E-state index contributed by atoms with van der Waals surface area (Å²) in [4.78, 5) is 2.43. The van der Waals surface area contributed by atoms with Crippen LogP contribution < -0.4 is 4.90 Å². The molecule has 0 radical (unpaired) electrons. The highest BCUT2D eigenvalue weighted by Crippen LogP contribution is 2.22. The van der Waals surface area contributed by atoms with Crippen LogP contribution in [0.3, 0.4) is 0 Å². The Labute approximate surface area is 178 Å². The van der Waals surface area contributed by atoms with Crippen LogP contribution in [0.25, 0.3) is 0 Å². The lowest BCUT2D eigenvalue weighted by Gasteiger charge is -2.36. The molecule has 1 fully saturated rings. The maximum atomic E-state index is 12.1. The Hall–Kier alpha value is -1.07. The van der Waals surface area contributed by atoms with E-state index >= 15 is 0 Å². The Kier molecular flexibility index (Phi) is 9.02. The first kappa shape index (κ1) is 24.2. The standard InChI is InChI=1S/C24H41NO3S/c1-20(2)23-19-25(16-17-28-23)22-14-12-21(13-15-22)11-9-7-6-8-10-18-29(26,27)24(3,4)5/h12-15,20,23H,6-11,16-19H2,1-5H3/t23-/m0/s1. The van der Waals surface area contributed by atoms with Gasteiger partial charge in [-0.15, -0.1) is 0 Å². The van der Waals surface area contributed by atoms with Crippen molar-refractivity contribution in [1.29, 1.82) is 0 Å². The van der Waals surface area contributed by atoms with Crippen LogP contribution >= 0.6 is 0 Å². The van der Waals surface area contributed by atoms with Gasteiger partial charge in [-0.1, -0.05) is 45.2 Å². The SMILES string of the molecule is CC(C)[C@@H]1CN(c2ccc(CCCCCCCS(=O)(=O)C(C)(C)C)cc2)CCO1. The highest BCUT2D eigenvalue weighted by atomic mass is 32.2. The van der Waals surface area contributed by atoms with Crippen molar-refractivity contribution >= 4 is 15.5 Å². The van der Waals surface area contributed by atoms with E-state index in [1.165, 1.54) is 17.7 Å². The summed E-state index contributed by atoms with van der Waals surface area (Å²) >= 11 is 0. The lowest BCUT2D eigenvalue weighted by atomic mass is 10.0. The number of benzene rings is 1. The van der Waals surface area contributed by atoms with Gasteiger partial charge in [0, 0.05) is 18.8 Å². The molecule has 0 bridgehead atoms. The zero-order valence-electron chi connectivity index (χ0n) is 19.1. The molecule has 0 saturated carbocycles. The number of anilines is 1. The van der Waals surface area contributed by atoms with Crippen molar-refractivity contribution in [1.82, 2.24) is 0 Å². The molecule has 1 aliphatic rings. The first-order chi connectivity index (χ1) is 13.6. The minimum atomic E-state index is -2.97. The largest absolute Gasteiger partial charge is 0.374 e. The summed E-state index contributed by atoms with van der Waals surface area (Å²) in [5, 5.41) is 0.